The first kappa shape index (κ1) is 14.9. The summed E-state index contributed by atoms with van der Waals surface area (Å²) in [6.45, 7) is 1.16. The quantitative estimate of drug-likeness (QED) is 0.760. The van der Waals surface area contributed by atoms with Gasteiger partial charge in [0.05, 0.1) is 17.9 Å². The second-order valence-electron chi connectivity index (χ2n) is 4.68. The Hall–Kier alpha value is -2.54. The summed E-state index contributed by atoms with van der Waals surface area (Å²) in [7, 11) is 1.85. The molecule has 21 heavy (non-hydrogen) atoms. The fourth-order valence-corrected chi connectivity index (χ4v) is 2.05. The van der Waals surface area contributed by atoms with Gasteiger partial charge >= 0.3 is 0 Å². The molecule has 108 valence electrons. The normalized spacial score (nSPS) is 9.95. The molecule has 0 saturated carbocycles. The molecule has 0 bridgehead atoms. The first-order chi connectivity index (χ1) is 10.2. The van der Waals surface area contributed by atoms with Gasteiger partial charge in [-0.05, 0) is 30.7 Å². The van der Waals surface area contributed by atoms with Crippen molar-refractivity contribution in [2.45, 2.75) is 6.42 Å². The SMILES string of the molecule is CN(CCCOc1ccccc1C#N)c1ccccc1F. The standard InChI is InChI=1S/C17H17FN2O/c1-20(16-9-4-3-8-15(16)18)11-6-12-21-17-10-5-2-7-14(17)13-19/h2-5,7-10H,6,11-12H2,1H3. The second-order valence-corrected chi connectivity index (χ2v) is 4.68. The maximum Gasteiger partial charge on any atom is 0.146 e. The number of hydrogen-bond donors (Lipinski definition) is 0. The van der Waals surface area contributed by atoms with Crippen molar-refractivity contribution in [2.24, 2.45) is 0 Å². The fraction of sp³-hybridized carbons (Fsp3) is 0.235. The van der Waals surface area contributed by atoms with Crippen LogP contribution in [-0.2, 0) is 0 Å². The number of benzene rings is 2. The highest BCUT2D eigenvalue weighted by Gasteiger charge is 2.06. The predicted octanol–water partition coefficient (Wildman–Crippen LogP) is 3.60. The maximum absolute atomic E-state index is 13.6. The third kappa shape index (κ3) is 3.96. The summed E-state index contributed by atoms with van der Waals surface area (Å²) in [5.74, 6) is 0.365. The number of hydrogen-bond acceptors (Lipinski definition) is 3. The summed E-state index contributed by atoms with van der Waals surface area (Å²) >= 11 is 0. The molecule has 2 rings (SSSR count). The van der Waals surface area contributed by atoms with Gasteiger partial charge < -0.3 is 9.64 Å². The zero-order valence-corrected chi connectivity index (χ0v) is 11.9. The number of anilines is 1. The van der Waals surface area contributed by atoms with Crippen molar-refractivity contribution in [1.82, 2.24) is 0 Å². The Morgan fingerprint density at radius 2 is 1.86 bits per heavy atom. The molecule has 0 radical (unpaired) electrons. The first-order valence-electron chi connectivity index (χ1n) is 6.80. The third-order valence-corrected chi connectivity index (χ3v) is 3.17. The lowest BCUT2D eigenvalue weighted by Crippen LogP contribution is -2.21. The number of nitrogens with zero attached hydrogens (tertiary/aromatic N) is 2. The highest BCUT2D eigenvalue weighted by Crippen LogP contribution is 2.18. The Morgan fingerprint density at radius 1 is 1.14 bits per heavy atom. The molecule has 0 aliphatic rings. The molecule has 2 aromatic rings. The number of nitriles is 1. The van der Waals surface area contributed by atoms with E-state index in [1.165, 1.54) is 6.07 Å². The molecule has 0 saturated heterocycles. The summed E-state index contributed by atoms with van der Waals surface area (Å²) in [5.41, 5.74) is 1.11. The van der Waals surface area contributed by atoms with Crippen LogP contribution in [0.5, 0.6) is 5.75 Å². The first-order valence-corrected chi connectivity index (χ1v) is 6.80. The van der Waals surface area contributed by atoms with Crippen molar-refractivity contribution in [3.05, 3.63) is 59.9 Å². The molecule has 4 heteroatoms. The molecule has 0 aliphatic heterocycles. The van der Waals surface area contributed by atoms with Gasteiger partial charge in [-0.15, -0.1) is 0 Å². The molecule has 2 aromatic carbocycles. The largest absolute Gasteiger partial charge is 0.492 e. The summed E-state index contributed by atoms with van der Waals surface area (Å²) in [6.07, 6.45) is 0.741. The maximum atomic E-state index is 13.6. The van der Waals surface area contributed by atoms with Crippen LogP contribution in [0.25, 0.3) is 0 Å². The summed E-state index contributed by atoms with van der Waals surface area (Å²) < 4.78 is 19.2. The minimum Gasteiger partial charge on any atom is -0.492 e. The van der Waals surface area contributed by atoms with Crippen molar-refractivity contribution in [3.8, 4) is 11.8 Å². The number of rotatable bonds is 6. The van der Waals surface area contributed by atoms with Crippen LogP contribution in [0.2, 0.25) is 0 Å². The molecule has 0 amide bonds. The van der Waals surface area contributed by atoms with Crippen molar-refractivity contribution in [3.63, 3.8) is 0 Å². The Labute approximate surface area is 124 Å². The molecule has 0 spiro atoms. The topological polar surface area (TPSA) is 36.3 Å². The van der Waals surface area contributed by atoms with E-state index in [-0.39, 0.29) is 5.82 Å². The molecule has 0 fully saturated rings. The lowest BCUT2D eigenvalue weighted by molar-refractivity contribution is 0.311. The third-order valence-electron chi connectivity index (χ3n) is 3.17. The fourth-order valence-electron chi connectivity index (χ4n) is 2.05. The lowest BCUT2D eigenvalue weighted by Gasteiger charge is -2.19. The van der Waals surface area contributed by atoms with Gasteiger partial charge in [0, 0.05) is 13.6 Å². The minimum absolute atomic E-state index is 0.226. The summed E-state index contributed by atoms with van der Waals surface area (Å²) in [6, 6.07) is 15.9. The van der Waals surface area contributed by atoms with E-state index < -0.39 is 0 Å². The van der Waals surface area contributed by atoms with Gasteiger partial charge in [-0.2, -0.15) is 5.26 Å². The molecular formula is C17H17FN2O. The Bertz CT molecular complexity index is 637. The van der Waals surface area contributed by atoms with Crippen molar-refractivity contribution < 1.29 is 9.13 Å². The zero-order valence-electron chi connectivity index (χ0n) is 11.9. The molecule has 0 atom stereocenters. The van der Waals surface area contributed by atoms with Crippen LogP contribution in [0, 0.1) is 17.1 Å². The molecular weight excluding hydrogens is 267 g/mol. The lowest BCUT2D eigenvalue weighted by atomic mass is 10.2. The highest BCUT2D eigenvalue weighted by molar-refractivity contribution is 5.46. The Morgan fingerprint density at radius 3 is 2.62 bits per heavy atom. The van der Waals surface area contributed by atoms with Crippen molar-refractivity contribution in [2.75, 3.05) is 25.1 Å². The Kier molecular flexibility index (Phi) is 5.16. The summed E-state index contributed by atoms with van der Waals surface area (Å²) in [4.78, 5) is 1.86. The van der Waals surface area contributed by atoms with Crippen molar-refractivity contribution >= 4 is 5.69 Å². The molecule has 0 heterocycles. The Balaban J connectivity index is 1.83. The van der Waals surface area contributed by atoms with E-state index >= 15 is 0 Å². The van der Waals surface area contributed by atoms with Crippen LogP contribution in [0.15, 0.2) is 48.5 Å². The smallest absolute Gasteiger partial charge is 0.146 e. The van der Waals surface area contributed by atoms with Gasteiger partial charge in [-0.25, -0.2) is 4.39 Å². The average molecular weight is 284 g/mol. The van der Waals surface area contributed by atoms with Crippen molar-refractivity contribution in [1.29, 1.82) is 5.26 Å². The minimum atomic E-state index is -0.226. The summed E-state index contributed by atoms with van der Waals surface area (Å²) in [5, 5.41) is 8.96. The second kappa shape index (κ2) is 7.30. The van der Waals surface area contributed by atoms with Gasteiger partial charge in [0.25, 0.3) is 0 Å². The number of ether oxygens (including phenoxy) is 1. The van der Waals surface area contributed by atoms with E-state index in [2.05, 4.69) is 6.07 Å². The van der Waals surface area contributed by atoms with E-state index in [0.717, 1.165) is 6.42 Å². The molecule has 0 aromatic heterocycles. The van der Waals surface area contributed by atoms with Crippen LogP contribution in [0.3, 0.4) is 0 Å². The highest BCUT2D eigenvalue weighted by atomic mass is 19.1. The molecule has 0 N–H and O–H groups in total. The van der Waals surface area contributed by atoms with E-state index in [4.69, 9.17) is 10.00 Å². The molecule has 0 unspecified atom stereocenters. The van der Waals surface area contributed by atoms with E-state index in [1.54, 1.807) is 30.3 Å². The van der Waals surface area contributed by atoms with E-state index in [9.17, 15) is 4.39 Å². The van der Waals surface area contributed by atoms with Gasteiger partial charge in [-0.3, -0.25) is 0 Å². The van der Waals surface area contributed by atoms with Gasteiger partial charge in [0.1, 0.15) is 17.6 Å². The zero-order chi connectivity index (χ0) is 15.1. The van der Waals surface area contributed by atoms with Crippen LogP contribution >= 0.6 is 0 Å². The van der Waals surface area contributed by atoms with E-state index in [1.807, 2.05) is 24.1 Å². The molecule has 0 aliphatic carbocycles. The average Bonchev–Trinajstić information content (AvgIpc) is 2.52. The number of halogens is 1. The van der Waals surface area contributed by atoms with E-state index in [0.29, 0.717) is 30.2 Å². The van der Waals surface area contributed by atoms with Gasteiger partial charge in [-0.1, -0.05) is 24.3 Å². The van der Waals surface area contributed by atoms with Gasteiger partial charge in [0.15, 0.2) is 0 Å². The molecule has 3 nitrogen and oxygen atoms in total. The van der Waals surface area contributed by atoms with Crippen LogP contribution < -0.4 is 9.64 Å². The van der Waals surface area contributed by atoms with Crippen LogP contribution in [-0.4, -0.2) is 20.2 Å². The number of para-hydroxylation sites is 2. The predicted molar refractivity (Wildman–Crippen MR) is 80.9 cm³/mol. The van der Waals surface area contributed by atoms with Crippen LogP contribution in [0.4, 0.5) is 10.1 Å². The van der Waals surface area contributed by atoms with Gasteiger partial charge in [0.2, 0.25) is 0 Å². The van der Waals surface area contributed by atoms with Crippen LogP contribution in [0.1, 0.15) is 12.0 Å². The monoisotopic (exact) mass is 284 g/mol.